The molecule has 1 aromatic rings. The van der Waals surface area contributed by atoms with Crippen LogP contribution in [0, 0.1) is 0 Å². The number of carbonyl (C=O) groups excluding carboxylic acids is 1. The Balaban J connectivity index is 2.90. The number of benzene rings is 1. The Bertz CT molecular complexity index is 467. The number of alkyl halides is 3. The minimum Gasteiger partial charge on any atom is -0.463 e. The maximum atomic E-state index is 12.4. The highest BCUT2D eigenvalue weighted by atomic mass is 79.9. The lowest BCUT2D eigenvalue weighted by atomic mass is 10.1. The van der Waals surface area contributed by atoms with Crippen molar-refractivity contribution in [1.29, 1.82) is 0 Å². The van der Waals surface area contributed by atoms with E-state index in [2.05, 4.69) is 20.7 Å². The van der Waals surface area contributed by atoms with Gasteiger partial charge < -0.3 is 4.74 Å². The van der Waals surface area contributed by atoms with Crippen LogP contribution in [0.25, 0.3) is 6.08 Å². The molecule has 0 aromatic heterocycles. The van der Waals surface area contributed by atoms with Crippen LogP contribution < -0.4 is 0 Å². The molecule has 98 valence electrons. The summed E-state index contributed by atoms with van der Waals surface area (Å²) in [5.41, 5.74) is -0.279. The van der Waals surface area contributed by atoms with Crippen LogP contribution >= 0.6 is 15.9 Å². The lowest BCUT2D eigenvalue weighted by molar-refractivity contribution is -0.138. The Kier molecular flexibility index (Phi) is 4.95. The van der Waals surface area contributed by atoms with Crippen LogP contribution in [0.1, 0.15) is 18.1 Å². The van der Waals surface area contributed by atoms with E-state index in [-0.39, 0.29) is 11.1 Å². The van der Waals surface area contributed by atoms with Gasteiger partial charge in [-0.05, 0) is 30.7 Å². The van der Waals surface area contributed by atoms with Crippen molar-refractivity contribution < 1.29 is 22.7 Å². The molecule has 0 atom stereocenters. The maximum Gasteiger partial charge on any atom is 0.416 e. The average molecular weight is 323 g/mol. The standard InChI is InChI=1S/C12H10BrF3O2/c1-2-18-11(17)6-4-8-3-5-9(7-10(8)13)12(14,15)16/h3-7H,2H2,1H3/b6-4+. The molecule has 1 aromatic carbocycles. The first kappa shape index (κ1) is 14.8. The van der Waals surface area contributed by atoms with Crippen molar-refractivity contribution in [2.75, 3.05) is 6.61 Å². The molecule has 0 bridgehead atoms. The van der Waals surface area contributed by atoms with Gasteiger partial charge >= 0.3 is 12.1 Å². The lowest BCUT2D eigenvalue weighted by Gasteiger charge is -2.08. The molecular weight excluding hydrogens is 313 g/mol. The summed E-state index contributed by atoms with van der Waals surface area (Å²) >= 11 is 3.03. The van der Waals surface area contributed by atoms with Crippen LogP contribution in [-0.4, -0.2) is 12.6 Å². The van der Waals surface area contributed by atoms with Gasteiger partial charge in [0.15, 0.2) is 0 Å². The fraction of sp³-hybridized carbons (Fsp3) is 0.250. The summed E-state index contributed by atoms with van der Waals surface area (Å²) in [5.74, 6) is -0.538. The Labute approximate surface area is 111 Å². The summed E-state index contributed by atoms with van der Waals surface area (Å²) in [6, 6.07) is 3.20. The van der Waals surface area contributed by atoms with Crippen LogP contribution in [0.2, 0.25) is 0 Å². The molecule has 0 radical (unpaired) electrons. The normalized spacial score (nSPS) is 11.8. The molecule has 0 amide bonds. The summed E-state index contributed by atoms with van der Waals surface area (Å²) < 4.78 is 42.1. The number of ether oxygens (including phenoxy) is 1. The smallest absolute Gasteiger partial charge is 0.416 e. The molecule has 0 unspecified atom stereocenters. The topological polar surface area (TPSA) is 26.3 Å². The third kappa shape index (κ3) is 4.18. The maximum absolute atomic E-state index is 12.4. The molecule has 0 saturated heterocycles. The SMILES string of the molecule is CCOC(=O)/C=C/c1ccc(C(F)(F)F)cc1Br. The van der Waals surface area contributed by atoms with Gasteiger partial charge in [0.05, 0.1) is 12.2 Å². The Hall–Kier alpha value is -1.30. The molecule has 0 N–H and O–H groups in total. The van der Waals surface area contributed by atoms with Crippen molar-refractivity contribution >= 4 is 28.0 Å². The quantitative estimate of drug-likeness (QED) is 0.620. The van der Waals surface area contributed by atoms with E-state index < -0.39 is 17.7 Å². The number of esters is 1. The monoisotopic (exact) mass is 322 g/mol. The second-order valence-electron chi connectivity index (χ2n) is 3.32. The van der Waals surface area contributed by atoms with Crippen LogP contribution in [0.15, 0.2) is 28.7 Å². The zero-order valence-electron chi connectivity index (χ0n) is 9.42. The minimum absolute atomic E-state index is 0.247. The molecule has 0 aliphatic carbocycles. The molecule has 0 saturated carbocycles. The first-order chi connectivity index (χ1) is 8.34. The number of halogens is 4. The van der Waals surface area contributed by atoms with Gasteiger partial charge in [0.25, 0.3) is 0 Å². The number of hydrogen-bond donors (Lipinski definition) is 0. The van der Waals surface area contributed by atoms with Gasteiger partial charge in [0, 0.05) is 10.5 Å². The van der Waals surface area contributed by atoms with Gasteiger partial charge in [0.1, 0.15) is 0 Å². The summed E-state index contributed by atoms with van der Waals surface area (Å²) in [5, 5.41) is 0. The highest BCUT2D eigenvalue weighted by Crippen LogP contribution is 2.32. The van der Waals surface area contributed by atoms with E-state index in [4.69, 9.17) is 0 Å². The highest BCUT2D eigenvalue weighted by Gasteiger charge is 2.30. The fourth-order valence-electron chi connectivity index (χ4n) is 1.19. The van der Waals surface area contributed by atoms with Crippen molar-refractivity contribution in [3.63, 3.8) is 0 Å². The first-order valence-corrected chi connectivity index (χ1v) is 5.85. The lowest BCUT2D eigenvalue weighted by Crippen LogP contribution is -2.04. The highest BCUT2D eigenvalue weighted by molar-refractivity contribution is 9.10. The van der Waals surface area contributed by atoms with Crippen LogP contribution in [0.4, 0.5) is 13.2 Å². The number of rotatable bonds is 3. The molecule has 6 heteroatoms. The van der Waals surface area contributed by atoms with Gasteiger partial charge in [-0.15, -0.1) is 0 Å². The predicted molar refractivity (Wildman–Crippen MR) is 64.8 cm³/mol. The number of hydrogen-bond acceptors (Lipinski definition) is 2. The Morgan fingerprint density at radius 3 is 2.61 bits per heavy atom. The van der Waals surface area contributed by atoms with E-state index >= 15 is 0 Å². The van der Waals surface area contributed by atoms with E-state index in [1.165, 1.54) is 12.1 Å². The van der Waals surface area contributed by atoms with Gasteiger partial charge in [-0.25, -0.2) is 4.79 Å². The van der Waals surface area contributed by atoms with Crippen molar-refractivity contribution in [2.24, 2.45) is 0 Å². The zero-order chi connectivity index (χ0) is 13.8. The van der Waals surface area contributed by atoms with Crippen molar-refractivity contribution in [3.05, 3.63) is 39.9 Å². The molecule has 1 rings (SSSR count). The van der Waals surface area contributed by atoms with Crippen molar-refractivity contribution in [1.82, 2.24) is 0 Å². The molecule has 18 heavy (non-hydrogen) atoms. The third-order valence-corrected chi connectivity index (χ3v) is 2.70. The molecule has 0 fully saturated rings. The summed E-state index contributed by atoms with van der Waals surface area (Å²) in [6.45, 7) is 1.91. The van der Waals surface area contributed by atoms with Gasteiger partial charge in [0.2, 0.25) is 0 Å². The van der Waals surface area contributed by atoms with Gasteiger partial charge in [-0.2, -0.15) is 13.2 Å². The Morgan fingerprint density at radius 1 is 1.44 bits per heavy atom. The summed E-state index contributed by atoms with van der Waals surface area (Å²) in [6.07, 6.45) is -1.83. The van der Waals surface area contributed by atoms with E-state index in [9.17, 15) is 18.0 Å². The van der Waals surface area contributed by atoms with E-state index in [1.807, 2.05) is 0 Å². The van der Waals surface area contributed by atoms with E-state index in [0.717, 1.165) is 18.2 Å². The van der Waals surface area contributed by atoms with Crippen LogP contribution in [-0.2, 0) is 15.7 Å². The molecule has 2 nitrogen and oxygen atoms in total. The van der Waals surface area contributed by atoms with Gasteiger partial charge in [-0.3, -0.25) is 0 Å². The molecule has 0 heterocycles. The van der Waals surface area contributed by atoms with E-state index in [0.29, 0.717) is 5.56 Å². The third-order valence-electron chi connectivity index (χ3n) is 2.01. The molecule has 0 aliphatic heterocycles. The second kappa shape index (κ2) is 6.04. The fourth-order valence-corrected chi connectivity index (χ4v) is 1.70. The molecule has 0 spiro atoms. The largest absolute Gasteiger partial charge is 0.463 e. The second-order valence-corrected chi connectivity index (χ2v) is 4.17. The number of carbonyl (C=O) groups is 1. The Morgan fingerprint density at radius 2 is 2.11 bits per heavy atom. The van der Waals surface area contributed by atoms with Gasteiger partial charge in [-0.1, -0.05) is 22.0 Å². The van der Waals surface area contributed by atoms with Crippen LogP contribution in [0.3, 0.4) is 0 Å². The first-order valence-electron chi connectivity index (χ1n) is 5.06. The molecule has 0 aliphatic rings. The zero-order valence-corrected chi connectivity index (χ0v) is 11.0. The van der Waals surface area contributed by atoms with E-state index in [1.54, 1.807) is 6.92 Å². The van der Waals surface area contributed by atoms with Crippen molar-refractivity contribution in [2.45, 2.75) is 13.1 Å². The molecular formula is C12H10BrF3O2. The summed E-state index contributed by atoms with van der Waals surface area (Å²) in [7, 11) is 0. The minimum atomic E-state index is -4.38. The predicted octanol–water partition coefficient (Wildman–Crippen LogP) is 4.04. The average Bonchev–Trinajstić information content (AvgIpc) is 2.26. The summed E-state index contributed by atoms with van der Waals surface area (Å²) in [4.78, 5) is 11.0. The van der Waals surface area contributed by atoms with Crippen LogP contribution in [0.5, 0.6) is 0 Å². The van der Waals surface area contributed by atoms with Crippen molar-refractivity contribution in [3.8, 4) is 0 Å².